The van der Waals surface area contributed by atoms with Crippen LogP contribution in [0, 0.1) is 0 Å². The molecule has 0 fully saturated rings. The summed E-state index contributed by atoms with van der Waals surface area (Å²) in [7, 11) is -7.00. The van der Waals surface area contributed by atoms with Crippen LogP contribution in [-0.2, 0) is 25.6 Å². The third kappa shape index (κ3) is 5.43. The number of halogens is 2. The van der Waals surface area contributed by atoms with Crippen LogP contribution in [0.2, 0.25) is 10.0 Å². The van der Waals surface area contributed by atoms with E-state index in [2.05, 4.69) is 4.72 Å². The van der Waals surface area contributed by atoms with Crippen molar-refractivity contribution in [2.24, 2.45) is 0 Å². The predicted octanol–water partition coefficient (Wildman–Crippen LogP) is 3.58. The van der Waals surface area contributed by atoms with E-state index in [1.807, 2.05) is 0 Å². The smallest absolute Gasteiger partial charge is 0.216 e. The summed E-state index contributed by atoms with van der Waals surface area (Å²) < 4.78 is 50.3. The number of benzene rings is 2. The van der Waals surface area contributed by atoms with Crippen molar-refractivity contribution in [3.05, 3.63) is 63.6 Å². The molecule has 0 aliphatic rings. The summed E-state index contributed by atoms with van der Waals surface area (Å²) in [5, 5.41) is 0.561. The van der Waals surface area contributed by atoms with Gasteiger partial charge in [-0.1, -0.05) is 41.4 Å². The Morgan fingerprint density at radius 3 is 1.96 bits per heavy atom. The summed E-state index contributed by atoms with van der Waals surface area (Å²) >= 11 is 12.0. The lowest BCUT2D eigenvalue weighted by atomic mass is 10.1. The molecular weight excluding hydrogens is 405 g/mol. The standard InChI is InChI=1S/C16H17Cl2NO4S2/c1-11(12-6-8-13(9-7-12)24(2,20)21)19-25(22,23)10-14-15(17)4-3-5-16(14)18/h3-9,11,19H,10H2,1-2H3/t11-/m1/s1. The third-order valence-electron chi connectivity index (χ3n) is 3.56. The molecule has 5 nitrogen and oxygen atoms in total. The van der Waals surface area contributed by atoms with E-state index in [4.69, 9.17) is 23.2 Å². The highest BCUT2D eigenvalue weighted by Crippen LogP contribution is 2.26. The maximum Gasteiger partial charge on any atom is 0.216 e. The average Bonchev–Trinajstić information content (AvgIpc) is 2.50. The lowest BCUT2D eigenvalue weighted by molar-refractivity contribution is 0.565. The zero-order valence-corrected chi connectivity index (χ0v) is 16.7. The normalized spacial score (nSPS) is 13.6. The number of hydrogen-bond acceptors (Lipinski definition) is 4. The molecule has 25 heavy (non-hydrogen) atoms. The largest absolute Gasteiger partial charge is 0.224 e. The van der Waals surface area contributed by atoms with Crippen molar-refractivity contribution in [1.29, 1.82) is 0 Å². The molecule has 9 heteroatoms. The van der Waals surface area contributed by atoms with Gasteiger partial charge in [-0.2, -0.15) is 0 Å². The Balaban J connectivity index is 2.17. The van der Waals surface area contributed by atoms with Gasteiger partial charge in [-0.15, -0.1) is 0 Å². The molecular formula is C16H17Cl2NO4S2. The average molecular weight is 422 g/mol. The summed E-state index contributed by atoms with van der Waals surface area (Å²) in [6, 6.07) is 10.3. The second-order valence-electron chi connectivity index (χ2n) is 5.64. The van der Waals surface area contributed by atoms with E-state index >= 15 is 0 Å². The van der Waals surface area contributed by atoms with Crippen LogP contribution >= 0.6 is 23.2 Å². The Bertz CT molecular complexity index is 951. The Morgan fingerprint density at radius 1 is 0.960 bits per heavy atom. The van der Waals surface area contributed by atoms with Crippen LogP contribution in [0.3, 0.4) is 0 Å². The molecule has 1 N–H and O–H groups in total. The molecule has 1 atom stereocenters. The van der Waals surface area contributed by atoms with Crippen LogP contribution in [0.4, 0.5) is 0 Å². The van der Waals surface area contributed by atoms with E-state index in [0.29, 0.717) is 11.1 Å². The van der Waals surface area contributed by atoms with Crippen LogP contribution in [0.15, 0.2) is 47.4 Å². The molecule has 0 amide bonds. The molecule has 0 unspecified atom stereocenters. The van der Waals surface area contributed by atoms with Gasteiger partial charge in [-0.25, -0.2) is 21.6 Å². The van der Waals surface area contributed by atoms with Gasteiger partial charge in [0.1, 0.15) is 0 Å². The van der Waals surface area contributed by atoms with Gasteiger partial charge in [0.2, 0.25) is 10.0 Å². The van der Waals surface area contributed by atoms with E-state index < -0.39 is 25.9 Å². The van der Waals surface area contributed by atoms with Crippen LogP contribution in [0.5, 0.6) is 0 Å². The lowest BCUT2D eigenvalue weighted by Gasteiger charge is -2.16. The molecule has 0 bridgehead atoms. The Kier molecular flexibility index (Phi) is 6.17. The number of sulfone groups is 1. The minimum absolute atomic E-state index is 0.175. The number of nitrogens with one attached hydrogen (secondary N) is 1. The van der Waals surface area contributed by atoms with Gasteiger partial charge < -0.3 is 0 Å². The van der Waals surface area contributed by atoms with Gasteiger partial charge in [0.05, 0.1) is 10.6 Å². The molecule has 0 aromatic heterocycles. The first-order chi connectivity index (χ1) is 11.5. The van der Waals surface area contributed by atoms with Crippen LogP contribution < -0.4 is 4.72 Å². The van der Waals surface area contributed by atoms with Crippen LogP contribution in [0.25, 0.3) is 0 Å². The summed E-state index contributed by atoms with van der Waals surface area (Å²) in [5.74, 6) is -0.350. The van der Waals surface area contributed by atoms with Crippen molar-refractivity contribution in [3.8, 4) is 0 Å². The van der Waals surface area contributed by atoms with Crippen LogP contribution in [-0.4, -0.2) is 23.1 Å². The Labute approximate surface area is 157 Å². The first-order valence-corrected chi connectivity index (χ1v) is 11.5. The van der Waals surface area contributed by atoms with Gasteiger partial charge in [-0.3, -0.25) is 0 Å². The van der Waals surface area contributed by atoms with Gasteiger partial charge in [0, 0.05) is 27.9 Å². The van der Waals surface area contributed by atoms with Gasteiger partial charge >= 0.3 is 0 Å². The molecule has 0 spiro atoms. The zero-order valence-electron chi connectivity index (χ0n) is 13.5. The van der Waals surface area contributed by atoms with Gasteiger partial charge in [-0.05, 0) is 36.8 Å². The van der Waals surface area contributed by atoms with Crippen molar-refractivity contribution in [2.75, 3.05) is 6.26 Å². The zero-order chi connectivity index (χ0) is 18.8. The van der Waals surface area contributed by atoms with Gasteiger partial charge in [0.25, 0.3) is 0 Å². The molecule has 0 aliphatic carbocycles. The summed E-state index contributed by atoms with van der Waals surface area (Å²) in [5.41, 5.74) is 0.971. The van der Waals surface area contributed by atoms with E-state index in [-0.39, 0.29) is 20.7 Å². The second kappa shape index (κ2) is 7.63. The summed E-state index contributed by atoms with van der Waals surface area (Å²) in [6.07, 6.45) is 1.11. The summed E-state index contributed by atoms with van der Waals surface area (Å²) in [6.45, 7) is 1.67. The number of sulfonamides is 1. The van der Waals surface area contributed by atoms with E-state index in [1.54, 1.807) is 37.3 Å². The minimum Gasteiger partial charge on any atom is -0.224 e. The van der Waals surface area contributed by atoms with Crippen molar-refractivity contribution in [2.45, 2.75) is 23.6 Å². The molecule has 2 aromatic rings. The lowest BCUT2D eigenvalue weighted by Crippen LogP contribution is -2.28. The molecule has 0 saturated carbocycles. The monoisotopic (exact) mass is 421 g/mol. The van der Waals surface area contributed by atoms with Crippen molar-refractivity contribution >= 4 is 43.1 Å². The number of hydrogen-bond donors (Lipinski definition) is 1. The fourth-order valence-electron chi connectivity index (χ4n) is 2.24. The van der Waals surface area contributed by atoms with E-state index in [0.717, 1.165) is 6.26 Å². The highest BCUT2D eigenvalue weighted by molar-refractivity contribution is 7.90. The first-order valence-electron chi connectivity index (χ1n) is 7.22. The highest BCUT2D eigenvalue weighted by atomic mass is 35.5. The van der Waals surface area contributed by atoms with Gasteiger partial charge in [0.15, 0.2) is 9.84 Å². The Morgan fingerprint density at radius 2 is 1.48 bits per heavy atom. The molecule has 136 valence electrons. The minimum atomic E-state index is -3.70. The fraction of sp³-hybridized carbons (Fsp3) is 0.250. The number of rotatable bonds is 6. The van der Waals surface area contributed by atoms with E-state index in [9.17, 15) is 16.8 Å². The molecule has 2 rings (SSSR count). The molecule has 0 saturated heterocycles. The molecule has 0 heterocycles. The molecule has 2 aromatic carbocycles. The SMILES string of the molecule is C[C@@H](NS(=O)(=O)Cc1c(Cl)cccc1Cl)c1ccc(S(C)(=O)=O)cc1. The topological polar surface area (TPSA) is 80.3 Å². The van der Waals surface area contributed by atoms with E-state index in [1.165, 1.54) is 12.1 Å². The molecule has 0 aliphatic heterocycles. The fourth-order valence-corrected chi connectivity index (χ4v) is 5.01. The third-order valence-corrected chi connectivity index (χ3v) is 6.78. The molecule has 0 radical (unpaired) electrons. The van der Waals surface area contributed by atoms with Crippen molar-refractivity contribution in [1.82, 2.24) is 4.72 Å². The second-order valence-corrected chi connectivity index (χ2v) is 10.2. The first kappa shape index (κ1) is 20.2. The predicted molar refractivity (Wildman–Crippen MR) is 100 cm³/mol. The Hall–Kier alpha value is -1.12. The van der Waals surface area contributed by atoms with Crippen LogP contribution in [0.1, 0.15) is 24.1 Å². The summed E-state index contributed by atoms with van der Waals surface area (Å²) in [4.78, 5) is 0.175. The quantitative estimate of drug-likeness (QED) is 0.772. The highest BCUT2D eigenvalue weighted by Gasteiger charge is 2.20. The van der Waals surface area contributed by atoms with Crippen molar-refractivity contribution < 1.29 is 16.8 Å². The maximum absolute atomic E-state index is 12.4. The maximum atomic E-state index is 12.4. The van der Waals surface area contributed by atoms with Crippen molar-refractivity contribution in [3.63, 3.8) is 0 Å².